The molecule has 3 rings (SSSR count). The number of hydrogen-bond acceptors (Lipinski definition) is 5. The van der Waals surface area contributed by atoms with Gasteiger partial charge in [-0.2, -0.15) is 0 Å². The van der Waals surface area contributed by atoms with Crippen LogP contribution in [0.5, 0.6) is 0 Å². The number of carbonyl (C=O) groups is 2. The third-order valence-electron chi connectivity index (χ3n) is 5.09. The number of benzene rings is 2. The molecule has 1 fully saturated rings. The summed E-state index contributed by atoms with van der Waals surface area (Å²) in [7, 11) is 1.46. The number of nitrogens with zero attached hydrogens (tertiary/aromatic N) is 2. The van der Waals surface area contributed by atoms with Crippen LogP contribution in [-0.2, 0) is 9.63 Å². The van der Waals surface area contributed by atoms with Crippen molar-refractivity contribution in [3.8, 4) is 11.1 Å². The zero-order valence-corrected chi connectivity index (χ0v) is 17.2. The molecule has 1 aliphatic rings. The van der Waals surface area contributed by atoms with Crippen molar-refractivity contribution < 1.29 is 19.5 Å². The molecule has 1 saturated heterocycles. The van der Waals surface area contributed by atoms with Crippen molar-refractivity contribution in [3.63, 3.8) is 0 Å². The van der Waals surface area contributed by atoms with E-state index in [4.69, 9.17) is 9.94 Å². The molecule has 0 aromatic heterocycles. The monoisotopic (exact) mass is 409 g/mol. The van der Waals surface area contributed by atoms with Crippen LogP contribution in [0.4, 0.5) is 0 Å². The standard InChI is InChI=1S/C23H27N3O4/c1-16(15-27)24-22(28)13-21-12-20(25-30-2)14-26(21)23(29)19-10-8-18(9-11-19)17-6-4-3-5-7-17/h3-11,16,21,27H,12-15H2,1-2H3,(H,24,28)/t16?,21-/m0/s1. The molecule has 1 unspecified atom stereocenters. The number of amides is 2. The van der Waals surface area contributed by atoms with Gasteiger partial charge in [0, 0.05) is 30.5 Å². The highest BCUT2D eigenvalue weighted by Gasteiger charge is 2.35. The Labute approximate surface area is 176 Å². The molecule has 7 heteroatoms. The predicted octanol–water partition coefficient (Wildman–Crippen LogP) is 2.46. The van der Waals surface area contributed by atoms with E-state index in [9.17, 15) is 9.59 Å². The molecular formula is C23H27N3O4. The second kappa shape index (κ2) is 10.0. The van der Waals surface area contributed by atoms with Gasteiger partial charge in [0.15, 0.2) is 0 Å². The third-order valence-corrected chi connectivity index (χ3v) is 5.09. The van der Waals surface area contributed by atoms with Crippen LogP contribution in [0.25, 0.3) is 11.1 Å². The summed E-state index contributed by atoms with van der Waals surface area (Å²) in [4.78, 5) is 32.0. The highest BCUT2D eigenvalue weighted by molar-refractivity contribution is 6.01. The van der Waals surface area contributed by atoms with Crippen LogP contribution in [0.2, 0.25) is 0 Å². The lowest BCUT2D eigenvalue weighted by Crippen LogP contribution is -2.41. The topological polar surface area (TPSA) is 91.2 Å². The van der Waals surface area contributed by atoms with E-state index in [1.165, 1.54) is 7.11 Å². The summed E-state index contributed by atoms with van der Waals surface area (Å²) in [5, 5.41) is 15.9. The Kier molecular flexibility index (Phi) is 7.19. The van der Waals surface area contributed by atoms with E-state index >= 15 is 0 Å². The van der Waals surface area contributed by atoms with E-state index in [1.807, 2.05) is 42.5 Å². The van der Waals surface area contributed by atoms with Crippen LogP contribution < -0.4 is 5.32 Å². The van der Waals surface area contributed by atoms with Gasteiger partial charge in [0.1, 0.15) is 7.11 Å². The molecule has 0 bridgehead atoms. The van der Waals surface area contributed by atoms with Crippen molar-refractivity contribution in [3.05, 3.63) is 60.2 Å². The minimum absolute atomic E-state index is 0.136. The van der Waals surface area contributed by atoms with Crippen molar-refractivity contribution in [1.82, 2.24) is 10.2 Å². The quantitative estimate of drug-likeness (QED) is 0.688. The van der Waals surface area contributed by atoms with Crippen molar-refractivity contribution in [1.29, 1.82) is 0 Å². The van der Waals surface area contributed by atoms with Gasteiger partial charge in [-0.1, -0.05) is 47.6 Å². The molecule has 0 radical (unpaired) electrons. The molecule has 2 atom stereocenters. The lowest BCUT2D eigenvalue weighted by atomic mass is 10.0. The minimum atomic E-state index is -0.333. The molecule has 30 heavy (non-hydrogen) atoms. The number of nitrogens with one attached hydrogen (secondary N) is 1. The van der Waals surface area contributed by atoms with E-state index < -0.39 is 0 Å². The highest BCUT2D eigenvalue weighted by atomic mass is 16.6. The Morgan fingerprint density at radius 2 is 1.83 bits per heavy atom. The summed E-state index contributed by atoms with van der Waals surface area (Å²) in [6.07, 6.45) is 0.615. The maximum Gasteiger partial charge on any atom is 0.254 e. The number of rotatable bonds is 7. The molecule has 2 aromatic rings. The Bertz CT molecular complexity index is 896. The predicted molar refractivity (Wildman–Crippen MR) is 115 cm³/mol. The first kappa shape index (κ1) is 21.5. The molecule has 1 heterocycles. The fraction of sp³-hybridized carbons (Fsp3) is 0.348. The summed E-state index contributed by atoms with van der Waals surface area (Å²) in [6, 6.07) is 16.8. The maximum atomic E-state index is 13.2. The number of carbonyl (C=O) groups excluding carboxylic acids is 2. The van der Waals surface area contributed by atoms with Crippen LogP contribution in [0.1, 0.15) is 30.1 Å². The van der Waals surface area contributed by atoms with Gasteiger partial charge in [-0.05, 0) is 30.2 Å². The summed E-state index contributed by atoms with van der Waals surface area (Å²) >= 11 is 0. The number of oxime groups is 1. The fourth-order valence-corrected chi connectivity index (χ4v) is 3.58. The van der Waals surface area contributed by atoms with Gasteiger partial charge in [0.2, 0.25) is 5.91 Å². The summed E-state index contributed by atoms with van der Waals surface area (Å²) in [5.41, 5.74) is 3.39. The normalized spacial score (nSPS) is 18.3. The SMILES string of the molecule is CON=C1C[C@@H](CC(=O)NC(C)CO)N(C(=O)c2ccc(-c3ccccc3)cc2)C1. The maximum absolute atomic E-state index is 13.2. The Hall–Kier alpha value is -3.19. The summed E-state index contributed by atoms with van der Waals surface area (Å²) in [6.45, 7) is 1.91. The van der Waals surface area contributed by atoms with Crippen molar-refractivity contribution in [2.45, 2.75) is 31.8 Å². The van der Waals surface area contributed by atoms with Crippen LogP contribution in [0, 0.1) is 0 Å². The van der Waals surface area contributed by atoms with Gasteiger partial charge >= 0.3 is 0 Å². The average molecular weight is 409 g/mol. The molecule has 158 valence electrons. The second-order valence-electron chi connectivity index (χ2n) is 7.43. The summed E-state index contributed by atoms with van der Waals surface area (Å²) in [5.74, 6) is -0.360. The second-order valence-corrected chi connectivity index (χ2v) is 7.43. The fourth-order valence-electron chi connectivity index (χ4n) is 3.58. The number of hydrogen-bond donors (Lipinski definition) is 2. The molecule has 7 nitrogen and oxygen atoms in total. The zero-order valence-electron chi connectivity index (χ0n) is 17.2. The van der Waals surface area contributed by atoms with E-state index in [0.29, 0.717) is 18.5 Å². The molecule has 1 aliphatic heterocycles. The van der Waals surface area contributed by atoms with Crippen molar-refractivity contribution in [2.75, 3.05) is 20.3 Å². The van der Waals surface area contributed by atoms with Crippen molar-refractivity contribution in [2.24, 2.45) is 5.16 Å². The average Bonchev–Trinajstić information content (AvgIpc) is 3.16. The van der Waals surface area contributed by atoms with Crippen LogP contribution in [0.3, 0.4) is 0 Å². The lowest BCUT2D eigenvalue weighted by molar-refractivity contribution is -0.122. The number of aliphatic hydroxyl groups excluding tert-OH is 1. The number of aliphatic hydroxyl groups is 1. The van der Waals surface area contributed by atoms with Crippen LogP contribution in [-0.4, -0.2) is 59.9 Å². The largest absolute Gasteiger partial charge is 0.399 e. The van der Waals surface area contributed by atoms with Gasteiger partial charge in [-0.15, -0.1) is 0 Å². The van der Waals surface area contributed by atoms with Gasteiger partial charge < -0.3 is 20.2 Å². The number of likely N-dealkylation sites (tertiary alicyclic amines) is 1. The smallest absolute Gasteiger partial charge is 0.254 e. The summed E-state index contributed by atoms with van der Waals surface area (Å²) < 4.78 is 0. The van der Waals surface area contributed by atoms with Crippen LogP contribution in [0.15, 0.2) is 59.8 Å². The first-order chi connectivity index (χ1) is 14.5. The van der Waals surface area contributed by atoms with E-state index in [2.05, 4.69) is 10.5 Å². The highest BCUT2D eigenvalue weighted by Crippen LogP contribution is 2.24. The molecule has 0 aliphatic carbocycles. The Morgan fingerprint density at radius 3 is 2.47 bits per heavy atom. The third kappa shape index (κ3) is 5.24. The Balaban J connectivity index is 1.75. The van der Waals surface area contributed by atoms with Gasteiger partial charge in [-0.3, -0.25) is 9.59 Å². The molecule has 0 spiro atoms. The van der Waals surface area contributed by atoms with E-state index in [1.54, 1.807) is 24.0 Å². The zero-order chi connectivity index (χ0) is 21.5. The first-order valence-corrected chi connectivity index (χ1v) is 9.97. The lowest BCUT2D eigenvalue weighted by Gasteiger charge is -2.24. The first-order valence-electron chi connectivity index (χ1n) is 9.97. The van der Waals surface area contributed by atoms with E-state index in [0.717, 1.165) is 16.8 Å². The van der Waals surface area contributed by atoms with Gasteiger partial charge in [-0.25, -0.2) is 0 Å². The van der Waals surface area contributed by atoms with Crippen molar-refractivity contribution >= 4 is 17.5 Å². The molecule has 2 amide bonds. The molecule has 2 N–H and O–H groups in total. The van der Waals surface area contributed by atoms with Gasteiger partial charge in [0.25, 0.3) is 5.91 Å². The van der Waals surface area contributed by atoms with Crippen LogP contribution >= 0.6 is 0 Å². The molecular weight excluding hydrogens is 382 g/mol. The van der Waals surface area contributed by atoms with Gasteiger partial charge in [0.05, 0.1) is 18.9 Å². The molecule has 2 aromatic carbocycles. The molecule has 0 saturated carbocycles. The minimum Gasteiger partial charge on any atom is -0.399 e. The Morgan fingerprint density at radius 1 is 1.17 bits per heavy atom. The van der Waals surface area contributed by atoms with E-state index in [-0.39, 0.29) is 36.9 Å².